The monoisotopic (exact) mass is 320 g/mol. The highest BCUT2D eigenvalue weighted by Gasteiger charge is 2.44. The van der Waals surface area contributed by atoms with Crippen LogP contribution in [0.3, 0.4) is 0 Å². The lowest BCUT2D eigenvalue weighted by Crippen LogP contribution is -2.37. The average molecular weight is 321 g/mol. The van der Waals surface area contributed by atoms with Crippen LogP contribution in [-0.4, -0.2) is 49.1 Å². The Kier molecular flexibility index (Phi) is 6.07. The molecule has 2 heteroatoms. The molecule has 0 bridgehead atoms. The molecule has 0 aromatic rings. The second kappa shape index (κ2) is 7.87. The molecule has 1 saturated carbocycles. The minimum absolute atomic E-state index is 0.701. The molecule has 2 aliphatic heterocycles. The van der Waals surface area contributed by atoms with Gasteiger partial charge in [0.1, 0.15) is 0 Å². The van der Waals surface area contributed by atoms with Crippen LogP contribution in [0.5, 0.6) is 0 Å². The van der Waals surface area contributed by atoms with E-state index < -0.39 is 0 Å². The molecule has 3 rings (SSSR count). The van der Waals surface area contributed by atoms with Crippen molar-refractivity contribution in [1.82, 2.24) is 9.80 Å². The summed E-state index contributed by atoms with van der Waals surface area (Å²) in [6.07, 6.45) is 16.0. The van der Waals surface area contributed by atoms with Crippen molar-refractivity contribution in [3.63, 3.8) is 0 Å². The number of likely N-dealkylation sites (tertiary alicyclic amines) is 2. The van der Waals surface area contributed by atoms with E-state index in [1.54, 1.807) is 0 Å². The molecule has 2 saturated heterocycles. The van der Waals surface area contributed by atoms with Crippen LogP contribution in [0.15, 0.2) is 0 Å². The number of piperidine rings is 1. The van der Waals surface area contributed by atoms with Crippen LogP contribution in [0.2, 0.25) is 0 Å². The number of hydrogen-bond donors (Lipinski definition) is 0. The molecule has 1 spiro atoms. The zero-order valence-corrected chi connectivity index (χ0v) is 15.9. The van der Waals surface area contributed by atoms with Gasteiger partial charge >= 0.3 is 0 Å². The zero-order chi connectivity index (χ0) is 16.2. The van der Waals surface area contributed by atoms with Gasteiger partial charge in [-0.25, -0.2) is 0 Å². The molecule has 0 N–H and O–H groups in total. The maximum Gasteiger partial charge on any atom is 0.00385 e. The van der Waals surface area contributed by atoms with Crippen molar-refractivity contribution >= 4 is 0 Å². The second-order valence-corrected chi connectivity index (χ2v) is 8.99. The van der Waals surface area contributed by atoms with Crippen molar-refractivity contribution in [2.75, 3.05) is 39.3 Å². The van der Waals surface area contributed by atoms with Gasteiger partial charge in [-0.1, -0.05) is 33.1 Å². The minimum Gasteiger partial charge on any atom is -0.303 e. The third kappa shape index (κ3) is 4.31. The summed E-state index contributed by atoms with van der Waals surface area (Å²) in [5.41, 5.74) is 1.41. The molecule has 2 nitrogen and oxygen atoms in total. The average Bonchev–Trinajstić information content (AvgIpc) is 3.00. The summed E-state index contributed by atoms with van der Waals surface area (Å²) < 4.78 is 0. The fourth-order valence-corrected chi connectivity index (χ4v) is 5.60. The van der Waals surface area contributed by atoms with Crippen LogP contribution in [-0.2, 0) is 0 Å². The minimum atomic E-state index is 0.701. The normalized spacial score (nSPS) is 28.4. The molecule has 3 aliphatic rings. The van der Waals surface area contributed by atoms with Crippen molar-refractivity contribution in [3.8, 4) is 0 Å². The highest BCUT2D eigenvalue weighted by Crippen LogP contribution is 2.52. The Labute approximate surface area is 145 Å². The Balaban J connectivity index is 1.38. The van der Waals surface area contributed by atoms with Crippen molar-refractivity contribution < 1.29 is 0 Å². The number of rotatable bonds is 6. The second-order valence-electron chi connectivity index (χ2n) is 8.99. The molecule has 0 radical (unpaired) electrons. The SMILES string of the molecule is CCC1(CC)CCC2(CCN(CCCN3CCCCC3)C2)CC1. The van der Waals surface area contributed by atoms with E-state index in [0.29, 0.717) is 10.8 Å². The predicted octanol–water partition coefficient (Wildman–Crippen LogP) is 4.93. The molecule has 0 aromatic heterocycles. The van der Waals surface area contributed by atoms with Gasteiger partial charge in [0.25, 0.3) is 0 Å². The summed E-state index contributed by atoms with van der Waals surface area (Å²) in [6, 6.07) is 0. The molecular weight excluding hydrogens is 280 g/mol. The Morgan fingerprint density at radius 2 is 1.35 bits per heavy atom. The molecule has 3 fully saturated rings. The lowest BCUT2D eigenvalue weighted by Gasteiger charge is -2.44. The first-order valence-corrected chi connectivity index (χ1v) is 10.6. The molecule has 0 aromatic carbocycles. The van der Waals surface area contributed by atoms with E-state index in [4.69, 9.17) is 0 Å². The third-order valence-corrected chi connectivity index (χ3v) is 7.79. The van der Waals surface area contributed by atoms with Gasteiger partial charge in [0.15, 0.2) is 0 Å². The summed E-state index contributed by atoms with van der Waals surface area (Å²) >= 11 is 0. The van der Waals surface area contributed by atoms with E-state index in [1.807, 2.05) is 0 Å². The van der Waals surface area contributed by atoms with Crippen LogP contribution in [0.1, 0.15) is 84.5 Å². The molecule has 0 unspecified atom stereocenters. The van der Waals surface area contributed by atoms with Crippen LogP contribution in [0, 0.1) is 10.8 Å². The van der Waals surface area contributed by atoms with E-state index in [9.17, 15) is 0 Å². The van der Waals surface area contributed by atoms with Crippen LogP contribution in [0.4, 0.5) is 0 Å². The first kappa shape index (κ1) is 17.7. The van der Waals surface area contributed by atoms with Gasteiger partial charge in [0, 0.05) is 6.54 Å². The zero-order valence-electron chi connectivity index (χ0n) is 15.9. The molecule has 0 amide bonds. The molecule has 134 valence electrons. The number of hydrogen-bond acceptors (Lipinski definition) is 2. The van der Waals surface area contributed by atoms with Crippen LogP contribution in [0.25, 0.3) is 0 Å². The van der Waals surface area contributed by atoms with E-state index in [-0.39, 0.29) is 0 Å². The van der Waals surface area contributed by atoms with E-state index in [0.717, 1.165) is 0 Å². The third-order valence-electron chi connectivity index (χ3n) is 7.79. The predicted molar refractivity (Wildman–Crippen MR) is 99.9 cm³/mol. The molecule has 1 aliphatic carbocycles. The Hall–Kier alpha value is -0.0800. The van der Waals surface area contributed by atoms with Gasteiger partial charge in [-0.3, -0.25) is 0 Å². The fourth-order valence-electron chi connectivity index (χ4n) is 5.60. The van der Waals surface area contributed by atoms with Crippen molar-refractivity contribution in [1.29, 1.82) is 0 Å². The quantitative estimate of drug-likeness (QED) is 0.684. The van der Waals surface area contributed by atoms with Gasteiger partial charge in [0.05, 0.1) is 0 Å². The maximum absolute atomic E-state index is 2.80. The molecule has 0 atom stereocenters. The summed E-state index contributed by atoms with van der Waals surface area (Å²) in [5.74, 6) is 0. The molecule has 23 heavy (non-hydrogen) atoms. The van der Waals surface area contributed by atoms with Crippen LogP contribution < -0.4 is 0 Å². The smallest absolute Gasteiger partial charge is 0.00385 e. The summed E-state index contributed by atoms with van der Waals surface area (Å²) in [6.45, 7) is 13.1. The van der Waals surface area contributed by atoms with Gasteiger partial charge in [-0.05, 0) is 94.9 Å². The molecular formula is C21H40N2. The van der Waals surface area contributed by atoms with Gasteiger partial charge < -0.3 is 9.80 Å². The first-order chi connectivity index (χ1) is 11.2. The highest BCUT2D eigenvalue weighted by atomic mass is 15.2. The first-order valence-electron chi connectivity index (χ1n) is 10.6. The topological polar surface area (TPSA) is 6.48 Å². The Bertz CT molecular complexity index is 345. The Morgan fingerprint density at radius 3 is 2.00 bits per heavy atom. The molecule has 2 heterocycles. The number of nitrogens with zero attached hydrogens (tertiary/aromatic N) is 2. The lowest BCUT2D eigenvalue weighted by molar-refractivity contribution is 0.0732. The van der Waals surface area contributed by atoms with Gasteiger partial charge in [0.2, 0.25) is 0 Å². The van der Waals surface area contributed by atoms with Crippen molar-refractivity contribution in [2.24, 2.45) is 10.8 Å². The largest absolute Gasteiger partial charge is 0.303 e. The fraction of sp³-hybridized carbons (Fsp3) is 1.00. The standard InChI is InChI=1S/C21H40N2/c1-3-20(4-2)9-11-21(12-10-20)13-18-23(19-21)17-8-16-22-14-6-5-7-15-22/h3-19H2,1-2H3. The van der Waals surface area contributed by atoms with Gasteiger partial charge in [-0.15, -0.1) is 0 Å². The van der Waals surface area contributed by atoms with E-state index >= 15 is 0 Å². The highest BCUT2D eigenvalue weighted by molar-refractivity contribution is 4.97. The van der Waals surface area contributed by atoms with Crippen molar-refractivity contribution in [2.45, 2.75) is 84.5 Å². The van der Waals surface area contributed by atoms with E-state index in [2.05, 4.69) is 23.6 Å². The van der Waals surface area contributed by atoms with Crippen LogP contribution >= 0.6 is 0 Å². The summed E-state index contributed by atoms with van der Waals surface area (Å²) in [5, 5.41) is 0. The Morgan fingerprint density at radius 1 is 0.696 bits per heavy atom. The lowest BCUT2D eigenvalue weighted by atomic mass is 9.61. The van der Waals surface area contributed by atoms with E-state index in [1.165, 1.54) is 110 Å². The summed E-state index contributed by atoms with van der Waals surface area (Å²) in [7, 11) is 0. The van der Waals surface area contributed by atoms with Gasteiger partial charge in [-0.2, -0.15) is 0 Å². The van der Waals surface area contributed by atoms with Crippen molar-refractivity contribution in [3.05, 3.63) is 0 Å². The summed E-state index contributed by atoms with van der Waals surface area (Å²) in [4.78, 5) is 5.50. The maximum atomic E-state index is 2.80.